The fourth-order valence-electron chi connectivity index (χ4n) is 5.85. The van der Waals surface area contributed by atoms with Gasteiger partial charge in [0, 0.05) is 29.3 Å². The number of quaternary nitrogens is 1. The van der Waals surface area contributed by atoms with Crippen molar-refractivity contribution in [1.29, 1.82) is 0 Å². The zero-order valence-corrected chi connectivity index (χ0v) is 25.1. The summed E-state index contributed by atoms with van der Waals surface area (Å²) in [7, 11) is 1.89. The molecule has 4 atom stereocenters. The van der Waals surface area contributed by atoms with Crippen molar-refractivity contribution >= 4 is 57.3 Å². The van der Waals surface area contributed by atoms with E-state index < -0.39 is 57.6 Å². The van der Waals surface area contributed by atoms with Crippen LogP contribution in [0.15, 0.2) is 28.7 Å². The highest BCUT2D eigenvalue weighted by Crippen LogP contribution is 2.58. The standard InChI is InChI=1S/C10H8F4N2O2.C9H14BNO4.C6H4BrFN2O2/c11-7-2-5(4-1-6(4)10(12,13)14)8(15)3-9(7)16(17)18;1-6-3-7(6)10-11(2,4-8(12)14-10)5-9(13)15-10;7-3-1-4(8)6(10(11)12)2-5(3)9/h2-4,6H,1,15H2;6-7H,3-5H2,1-2H3;1-2H,9H2/t4-,6+;6-,7-,10?,11?;/m11./s1. The number of halogens is 6. The highest BCUT2D eigenvalue weighted by Gasteiger charge is 2.73. The fourth-order valence-corrected chi connectivity index (χ4v) is 6.17. The Hall–Kier alpha value is -4.07. The summed E-state index contributed by atoms with van der Waals surface area (Å²) in [6.45, 7) is 0.913. The van der Waals surface area contributed by atoms with Crippen LogP contribution in [0.5, 0.6) is 0 Å². The van der Waals surface area contributed by atoms with Crippen LogP contribution in [0.25, 0.3) is 0 Å². The lowest BCUT2D eigenvalue weighted by atomic mass is 9.61. The molecule has 2 aliphatic heterocycles. The first-order valence-corrected chi connectivity index (χ1v) is 14.1. The number of fused-ring (bicyclic) bond motifs is 1. The Bertz CT molecular complexity index is 1580. The van der Waals surface area contributed by atoms with Crippen molar-refractivity contribution in [1.82, 2.24) is 0 Å². The Balaban J connectivity index is 0.000000157. The molecule has 0 aromatic heterocycles. The third-order valence-electron chi connectivity index (χ3n) is 8.39. The lowest BCUT2D eigenvalue weighted by molar-refractivity contribution is -0.794. The van der Waals surface area contributed by atoms with E-state index in [1.807, 2.05) is 7.05 Å². The molecular weight excluding hydrogens is 684 g/mol. The second-order valence-corrected chi connectivity index (χ2v) is 12.5. The van der Waals surface area contributed by atoms with Crippen LogP contribution >= 0.6 is 15.9 Å². The van der Waals surface area contributed by atoms with Gasteiger partial charge in [0.15, 0.2) is 0 Å². The smallest absolute Gasteiger partial charge is 0.587 e. The molecule has 2 heterocycles. The molecule has 45 heavy (non-hydrogen) atoms. The van der Waals surface area contributed by atoms with Crippen LogP contribution in [-0.4, -0.2) is 59.2 Å². The predicted octanol–water partition coefficient (Wildman–Crippen LogP) is 4.96. The molecule has 244 valence electrons. The molecule has 0 spiro atoms. The van der Waals surface area contributed by atoms with Gasteiger partial charge in [-0.2, -0.15) is 22.0 Å². The molecule has 2 aromatic rings. The normalized spacial score (nSPS) is 29.2. The number of nitrogens with zero attached hydrogens (tertiary/aromatic N) is 3. The van der Waals surface area contributed by atoms with E-state index in [1.54, 1.807) is 0 Å². The van der Waals surface area contributed by atoms with Crippen molar-refractivity contribution in [3.05, 3.63) is 66.2 Å². The maximum absolute atomic E-state index is 13.3. The molecule has 0 unspecified atom stereocenters. The van der Waals surface area contributed by atoms with Crippen molar-refractivity contribution < 1.29 is 55.1 Å². The zero-order valence-electron chi connectivity index (χ0n) is 23.6. The molecule has 4 fully saturated rings. The molecule has 6 rings (SSSR count). The van der Waals surface area contributed by atoms with Crippen molar-refractivity contribution in [2.75, 3.05) is 31.6 Å². The third-order valence-corrected chi connectivity index (χ3v) is 9.07. The van der Waals surface area contributed by atoms with E-state index in [9.17, 15) is 51.8 Å². The Kier molecular flexibility index (Phi) is 8.79. The van der Waals surface area contributed by atoms with E-state index in [1.165, 1.54) is 0 Å². The quantitative estimate of drug-likeness (QED) is 0.144. The van der Waals surface area contributed by atoms with Crippen LogP contribution in [0, 0.1) is 43.7 Å². The Morgan fingerprint density at radius 2 is 1.40 bits per heavy atom. The largest absolute Gasteiger partial charge is 0.600 e. The molecule has 2 aromatic carbocycles. The highest BCUT2D eigenvalue weighted by atomic mass is 79.9. The van der Waals surface area contributed by atoms with Crippen LogP contribution in [0.1, 0.15) is 31.2 Å². The number of carbonyl (C=O) groups excluding carboxylic acids is 2. The van der Waals surface area contributed by atoms with Crippen molar-refractivity contribution in [2.45, 2.75) is 37.7 Å². The molecular formula is C25H26BBrF5N5O8. The first-order valence-electron chi connectivity index (χ1n) is 13.3. The number of nitrogen functional groups attached to an aromatic ring is 2. The maximum Gasteiger partial charge on any atom is 0.587 e. The van der Waals surface area contributed by atoms with Gasteiger partial charge in [0.2, 0.25) is 11.6 Å². The van der Waals surface area contributed by atoms with Crippen molar-refractivity contribution in [3.8, 4) is 0 Å². The SMILES string of the molecule is C[C@@H]1C[C@H]1[B-]12OC(=O)C[N+]1(C)CC(=O)O2.Nc1cc([N+](=O)[O-])c(F)cc1Br.Nc1cc([N+](=O)[O-])c(F)cc1[C@H]1C[C@@H]1C(F)(F)F. The summed E-state index contributed by atoms with van der Waals surface area (Å²) in [4.78, 5) is 41.6. The minimum Gasteiger partial charge on any atom is -0.600 e. The topological polar surface area (TPSA) is 191 Å². The van der Waals surface area contributed by atoms with Crippen molar-refractivity contribution in [2.24, 2.45) is 11.8 Å². The van der Waals surface area contributed by atoms with Crippen molar-refractivity contribution in [3.63, 3.8) is 0 Å². The minimum atomic E-state index is -4.35. The number of nitro benzene ring substituents is 2. The predicted molar refractivity (Wildman–Crippen MR) is 151 cm³/mol. The van der Waals surface area contributed by atoms with E-state index in [0.717, 1.165) is 30.7 Å². The molecule has 4 aliphatic rings. The summed E-state index contributed by atoms with van der Waals surface area (Å²) in [5, 5.41) is 20.6. The average Bonchev–Trinajstić information content (AvgIpc) is 3.80. The number of benzene rings is 2. The molecule has 2 saturated heterocycles. The molecule has 0 amide bonds. The lowest BCUT2D eigenvalue weighted by Crippen LogP contribution is -2.60. The summed E-state index contributed by atoms with van der Waals surface area (Å²) < 4.78 is 74.6. The Morgan fingerprint density at radius 3 is 1.82 bits per heavy atom. The first kappa shape index (κ1) is 33.8. The lowest BCUT2D eigenvalue weighted by Gasteiger charge is -2.40. The van der Waals surface area contributed by atoms with Crippen LogP contribution in [0.4, 0.5) is 44.7 Å². The number of alkyl halides is 3. The van der Waals surface area contributed by atoms with E-state index >= 15 is 0 Å². The summed E-state index contributed by atoms with van der Waals surface area (Å²) >= 11 is 2.94. The summed E-state index contributed by atoms with van der Waals surface area (Å²) in [5.74, 6) is -4.24. The third kappa shape index (κ3) is 6.65. The fraction of sp³-hybridized carbons (Fsp3) is 0.440. The van der Waals surface area contributed by atoms with Gasteiger partial charge in [-0.3, -0.25) is 29.8 Å². The monoisotopic (exact) mass is 709 g/mol. The summed E-state index contributed by atoms with van der Waals surface area (Å²) in [6.07, 6.45) is -3.52. The van der Waals surface area contributed by atoms with Gasteiger partial charge in [-0.05, 0) is 51.8 Å². The van der Waals surface area contributed by atoms with Gasteiger partial charge in [0.05, 0.1) is 21.5 Å². The highest BCUT2D eigenvalue weighted by molar-refractivity contribution is 9.10. The van der Waals surface area contributed by atoms with Gasteiger partial charge in [0.1, 0.15) is 13.1 Å². The number of likely N-dealkylation sites (N-methyl/N-ethyl adjacent to an activating group) is 1. The van der Waals surface area contributed by atoms with Gasteiger partial charge in [0.25, 0.3) is 0 Å². The number of rotatable bonds is 4. The van der Waals surface area contributed by atoms with E-state index in [2.05, 4.69) is 22.9 Å². The van der Waals surface area contributed by atoms with Gasteiger partial charge in [-0.15, -0.1) is 0 Å². The van der Waals surface area contributed by atoms with Crippen LogP contribution in [0.3, 0.4) is 0 Å². The molecule has 4 N–H and O–H groups in total. The summed E-state index contributed by atoms with van der Waals surface area (Å²) in [6, 6.07) is 3.42. The molecule has 20 heteroatoms. The maximum atomic E-state index is 13.3. The van der Waals surface area contributed by atoms with Crippen LogP contribution in [-0.2, 0) is 18.9 Å². The first-order chi connectivity index (χ1) is 20.7. The molecule has 0 radical (unpaired) electrons. The number of hydrogen-bond donors (Lipinski definition) is 2. The number of nitro groups is 2. The molecule has 13 nitrogen and oxygen atoms in total. The minimum absolute atomic E-state index is 0.0135. The Labute approximate surface area is 259 Å². The molecule has 2 aliphatic carbocycles. The summed E-state index contributed by atoms with van der Waals surface area (Å²) in [5.41, 5.74) is 9.24. The van der Waals surface area contributed by atoms with Crippen LogP contribution in [0.2, 0.25) is 5.82 Å². The van der Waals surface area contributed by atoms with E-state index in [0.29, 0.717) is 14.8 Å². The van der Waals surface area contributed by atoms with Gasteiger partial charge >= 0.3 is 36.2 Å². The number of nitrogens with two attached hydrogens (primary N) is 2. The van der Waals surface area contributed by atoms with Gasteiger partial charge in [-0.25, -0.2) is 0 Å². The van der Waals surface area contributed by atoms with E-state index in [4.69, 9.17) is 20.8 Å². The second-order valence-electron chi connectivity index (χ2n) is 11.6. The number of anilines is 2. The average molecular weight is 710 g/mol. The van der Waals surface area contributed by atoms with E-state index in [-0.39, 0.29) is 54.2 Å². The number of hydrogen-bond acceptors (Lipinski definition) is 10. The molecule has 2 saturated carbocycles. The number of carbonyl (C=O) groups is 2. The Morgan fingerprint density at radius 1 is 0.933 bits per heavy atom. The van der Waals surface area contributed by atoms with Gasteiger partial charge < -0.3 is 25.2 Å². The van der Waals surface area contributed by atoms with Crippen LogP contribution < -0.4 is 11.5 Å². The zero-order chi connectivity index (χ0) is 33.8. The van der Waals surface area contributed by atoms with Gasteiger partial charge in [-0.1, -0.05) is 19.3 Å². The molecule has 0 bridgehead atoms. The second kappa shape index (κ2) is 11.7.